The topological polar surface area (TPSA) is 81.8 Å². The van der Waals surface area contributed by atoms with Gasteiger partial charge in [0.2, 0.25) is 17.7 Å². The van der Waals surface area contributed by atoms with E-state index in [0.29, 0.717) is 13.1 Å². The summed E-state index contributed by atoms with van der Waals surface area (Å²) >= 11 is 0. The second kappa shape index (κ2) is 8.06. The fourth-order valence-electron chi connectivity index (χ4n) is 4.47. The van der Waals surface area contributed by atoms with Crippen LogP contribution in [0.3, 0.4) is 0 Å². The molecule has 29 heavy (non-hydrogen) atoms. The molecular formula is C20H24F2N4O3. The Morgan fingerprint density at radius 3 is 2.28 bits per heavy atom. The number of nitrogens with one attached hydrogen (secondary N) is 2. The largest absolute Gasteiger partial charge is 0.360 e. The van der Waals surface area contributed by atoms with Gasteiger partial charge in [-0.05, 0) is 44.5 Å². The van der Waals surface area contributed by atoms with E-state index in [0.717, 1.165) is 25.9 Å². The zero-order chi connectivity index (χ0) is 20.5. The molecule has 3 aliphatic heterocycles. The van der Waals surface area contributed by atoms with Crippen molar-refractivity contribution < 1.29 is 23.2 Å². The van der Waals surface area contributed by atoms with Gasteiger partial charge in [-0.3, -0.25) is 19.7 Å². The van der Waals surface area contributed by atoms with Gasteiger partial charge in [0.15, 0.2) is 0 Å². The highest BCUT2D eigenvalue weighted by Crippen LogP contribution is 2.32. The standard InChI is InChI=1S/C20H24F2N4O3/c21-15-9-13(10-16(22)19(15)14-1-2-17(27)24-20(14)29)25-7-8-26(18(28)11-25)12-3-5-23-6-4-12/h9-10,12,14,23H,1-8,11H2,(H,24,27,29). The summed E-state index contributed by atoms with van der Waals surface area (Å²) < 4.78 is 29.5. The summed E-state index contributed by atoms with van der Waals surface area (Å²) in [7, 11) is 0. The summed E-state index contributed by atoms with van der Waals surface area (Å²) in [6.45, 7) is 2.85. The number of halogens is 2. The molecule has 3 aliphatic rings. The predicted molar refractivity (Wildman–Crippen MR) is 101 cm³/mol. The maximum absolute atomic E-state index is 14.8. The van der Waals surface area contributed by atoms with E-state index >= 15 is 0 Å². The van der Waals surface area contributed by atoms with Crippen molar-refractivity contribution in [2.75, 3.05) is 37.6 Å². The molecule has 3 saturated heterocycles. The number of rotatable bonds is 3. The first-order valence-electron chi connectivity index (χ1n) is 10.0. The molecule has 1 atom stereocenters. The third kappa shape index (κ3) is 3.96. The van der Waals surface area contributed by atoms with Crippen molar-refractivity contribution in [1.82, 2.24) is 15.5 Å². The van der Waals surface area contributed by atoms with Gasteiger partial charge in [0.25, 0.3) is 0 Å². The molecule has 7 nitrogen and oxygen atoms in total. The summed E-state index contributed by atoms with van der Waals surface area (Å²) in [5, 5.41) is 5.40. The molecule has 3 amide bonds. The third-order valence-corrected chi connectivity index (χ3v) is 6.02. The van der Waals surface area contributed by atoms with E-state index in [1.807, 2.05) is 4.90 Å². The second-order valence-electron chi connectivity index (χ2n) is 7.82. The summed E-state index contributed by atoms with van der Waals surface area (Å²) in [5.41, 5.74) is -0.0345. The van der Waals surface area contributed by atoms with Gasteiger partial charge in [0.05, 0.1) is 12.5 Å². The average molecular weight is 406 g/mol. The number of carbonyl (C=O) groups excluding carboxylic acids is 3. The number of hydrogen-bond acceptors (Lipinski definition) is 5. The molecule has 0 aliphatic carbocycles. The molecule has 0 aromatic heterocycles. The van der Waals surface area contributed by atoms with Crippen LogP contribution in [0.25, 0.3) is 0 Å². The fraction of sp³-hybridized carbons (Fsp3) is 0.550. The lowest BCUT2D eigenvalue weighted by atomic mass is 9.89. The highest BCUT2D eigenvalue weighted by Gasteiger charge is 2.34. The fourth-order valence-corrected chi connectivity index (χ4v) is 4.47. The van der Waals surface area contributed by atoms with Crippen LogP contribution in [-0.2, 0) is 14.4 Å². The van der Waals surface area contributed by atoms with Crippen molar-refractivity contribution >= 4 is 23.4 Å². The lowest BCUT2D eigenvalue weighted by molar-refractivity contribution is -0.135. The Balaban J connectivity index is 1.49. The molecule has 0 bridgehead atoms. The van der Waals surface area contributed by atoms with Gasteiger partial charge in [0.1, 0.15) is 11.6 Å². The molecule has 4 rings (SSSR count). The summed E-state index contributed by atoms with van der Waals surface area (Å²) in [6.07, 6.45) is 1.95. The predicted octanol–water partition coefficient (Wildman–Crippen LogP) is 0.886. The molecule has 9 heteroatoms. The van der Waals surface area contributed by atoms with Crippen molar-refractivity contribution in [3.8, 4) is 0 Å². The van der Waals surface area contributed by atoms with Crippen LogP contribution in [0.1, 0.15) is 37.2 Å². The number of hydrogen-bond donors (Lipinski definition) is 2. The molecule has 3 heterocycles. The minimum atomic E-state index is -1.03. The number of benzene rings is 1. The summed E-state index contributed by atoms with van der Waals surface area (Å²) in [5.74, 6) is -3.85. The Morgan fingerprint density at radius 1 is 0.966 bits per heavy atom. The Bertz CT molecular complexity index is 818. The highest BCUT2D eigenvalue weighted by atomic mass is 19.1. The summed E-state index contributed by atoms with van der Waals surface area (Å²) in [4.78, 5) is 39.5. The normalized spacial score (nSPS) is 24.1. The number of carbonyl (C=O) groups is 3. The van der Waals surface area contributed by atoms with Gasteiger partial charge < -0.3 is 15.1 Å². The molecule has 1 aromatic rings. The Hall–Kier alpha value is -2.55. The van der Waals surface area contributed by atoms with Crippen molar-refractivity contribution in [2.24, 2.45) is 0 Å². The van der Waals surface area contributed by atoms with Gasteiger partial charge in [-0.15, -0.1) is 0 Å². The SMILES string of the molecule is O=C1CCC(c2c(F)cc(N3CCN(C4CCNCC4)C(=O)C3)cc2F)C(=O)N1. The Labute approximate surface area is 167 Å². The Morgan fingerprint density at radius 2 is 1.66 bits per heavy atom. The van der Waals surface area contributed by atoms with Crippen molar-refractivity contribution in [2.45, 2.75) is 37.6 Å². The minimum absolute atomic E-state index is 0.0433. The van der Waals surface area contributed by atoms with E-state index < -0.39 is 29.4 Å². The van der Waals surface area contributed by atoms with Crippen LogP contribution < -0.4 is 15.5 Å². The maximum Gasteiger partial charge on any atom is 0.242 e. The summed E-state index contributed by atoms with van der Waals surface area (Å²) in [6, 6.07) is 2.57. The molecular weight excluding hydrogens is 382 g/mol. The van der Waals surface area contributed by atoms with E-state index in [9.17, 15) is 23.2 Å². The number of piperidine rings is 2. The van der Waals surface area contributed by atoms with Crippen LogP contribution in [0.4, 0.5) is 14.5 Å². The molecule has 0 spiro atoms. The van der Waals surface area contributed by atoms with Gasteiger partial charge in [-0.2, -0.15) is 0 Å². The van der Waals surface area contributed by atoms with E-state index in [1.54, 1.807) is 4.90 Å². The zero-order valence-electron chi connectivity index (χ0n) is 16.0. The zero-order valence-corrected chi connectivity index (χ0v) is 16.0. The molecule has 0 radical (unpaired) electrons. The first-order chi connectivity index (χ1) is 13.9. The number of nitrogens with zero attached hydrogens (tertiary/aromatic N) is 2. The monoisotopic (exact) mass is 406 g/mol. The molecule has 0 saturated carbocycles. The van der Waals surface area contributed by atoms with Crippen molar-refractivity contribution in [3.05, 3.63) is 29.3 Å². The lowest BCUT2D eigenvalue weighted by Crippen LogP contribution is -2.56. The van der Waals surface area contributed by atoms with Crippen LogP contribution in [-0.4, -0.2) is 61.4 Å². The first-order valence-corrected chi connectivity index (χ1v) is 10.0. The number of anilines is 1. The van der Waals surface area contributed by atoms with E-state index in [1.165, 1.54) is 12.1 Å². The Kier molecular flexibility index (Phi) is 5.49. The highest BCUT2D eigenvalue weighted by molar-refractivity contribution is 6.01. The molecule has 2 N–H and O–H groups in total. The second-order valence-corrected chi connectivity index (χ2v) is 7.82. The average Bonchev–Trinajstić information content (AvgIpc) is 2.69. The van der Waals surface area contributed by atoms with Gasteiger partial charge in [0, 0.05) is 36.8 Å². The molecule has 1 aromatic carbocycles. The number of amides is 3. The van der Waals surface area contributed by atoms with Gasteiger partial charge in [-0.1, -0.05) is 0 Å². The van der Waals surface area contributed by atoms with E-state index in [4.69, 9.17) is 0 Å². The van der Waals surface area contributed by atoms with E-state index in [2.05, 4.69) is 10.6 Å². The van der Waals surface area contributed by atoms with Gasteiger partial charge in [-0.25, -0.2) is 8.78 Å². The van der Waals surface area contributed by atoms with Crippen molar-refractivity contribution in [3.63, 3.8) is 0 Å². The number of piperazine rings is 1. The van der Waals surface area contributed by atoms with Crippen LogP contribution in [0.15, 0.2) is 12.1 Å². The van der Waals surface area contributed by atoms with Crippen LogP contribution in [0.2, 0.25) is 0 Å². The molecule has 1 unspecified atom stereocenters. The van der Waals surface area contributed by atoms with E-state index in [-0.39, 0.29) is 42.6 Å². The number of imide groups is 1. The van der Waals surface area contributed by atoms with Crippen molar-refractivity contribution in [1.29, 1.82) is 0 Å². The molecule has 3 fully saturated rings. The smallest absolute Gasteiger partial charge is 0.242 e. The lowest BCUT2D eigenvalue weighted by Gasteiger charge is -2.41. The first kappa shape index (κ1) is 19.8. The maximum atomic E-state index is 14.8. The van der Waals surface area contributed by atoms with Crippen LogP contribution in [0.5, 0.6) is 0 Å². The molecule has 156 valence electrons. The minimum Gasteiger partial charge on any atom is -0.360 e. The van der Waals surface area contributed by atoms with Crippen LogP contribution >= 0.6 is 0 Å². The third-order valence-electron chi connectivity index (χ3n) is 6.02. The van der Waals surface area contributed by atoms with Gasteiger partial charge >= 0.3 is 0 Å². The van der Waals surface area contributed by atoms with Crippen LogP contribution in [0, 0.1) is 11.6 Å². The quantitative estimate of drug-likeness (QED) is 0.729.